The second-order valence-corrected chi connectivity index (χ2v) is 4.90. The van der Waals surface area contributed by atoms with Gasteiger partial charge in [-0.2, -0.15) is 5.26 Å². The number of halogens is 1. The van der Waals surface area contributed by atoms with Crippen LogP contribution in [0.4, 0.5) is 10.1 Å². The molecule has 0 aliphatic carbocycles. The van der Waals surface area contributed by atoms with Crippen LogP contribution >= 0.6 is 11.3 Å². The number of nitriles is 1. The smallest absolute Gasteiger partial charge is 0.129 e. The maximum atomic E-state index is 13.6. The molecule has 1 unspecified atom stereocenters. The molecule has 0 spiro atoms. The van der Waals surface area contributed by atoms with Crippen LogP contribution in [0.3, 0.4) is 0 Å². The number of hydrogen-bond acceptors (Lipinski definition) is 4. The van der Waals surface area contributed by atoms with Crippen LogP contribution in [0.1, 0.15) is 29.1 Å². The van der Waals surface area contributed by atoms with Crippen LogP contribution in [0.2, 0.25) is 0 Å². The lowest BCUT2D eigenvalue weighted by Crippen LogP contribution is -2.08. The molecule has 1 aromatic carbocycles. The second-order valence-electron chi connectivity index (χ2n) is 3.98. The van der Waals surface area contributed by atoms with E-state index in [2.05, 4.69) is 10.3 Å². The van der Waals surface area contributed by atoms with Crippen LogP contribution in [-0.2, 0) is 0 Å². The highest BCUT2D eigenvalue weighted by molar-refractivity contribution is 7.09. The number of nitrogens with zero attached hydrogens (tertiary/aromatic N) is 2. The SMILES string of the molecule is Cc1c(F)cc(C#N)cc1NC(C)c1nccs1. The minimum Gasteiger partial charge on any atom is -0.376 e. The molecule has 1 heterocycles. The molecule has 2 aromatic rings. The summed E-state index contributed by atoms with van der Waals surface area (Å²) in [5, 5.41) is 14.8. The molecular weight excluding hydrogens is 249 g/mol. The fraction of sp³-hybridized carbons (Fsp3) is 0.231. The van der Waals surface area contributed by atoms with Gasteiger partial charge in [0.1, 0.15) is 10.8 Å². The van der Waals surface area contributed by atoms with Crippen LogP contribution in [-0.4, -0.2) is 4.98 Å². The van der Waals surface area contributed by atoms with Crippen LogP contribution in [0, 0.1) is 24.1 Å². The minimum atomic E-state index is -0.372. The van der Waals surface area contributed by atoms with Crippen molar-refractivity contribution in [2.75, 3.05) is 5.32 Å². The van der Waals surface area contributed by atoms with Crippen molar-refractivity contribution >= 4 is 17.0 Å². The van der Waals surface area contributed by atoms with Crippen molar-refractivity contribution in [3.05, 3.63) is 45.7 Å². The third-order valence-electron chi connectivity index (χ3n) is 2.67. The highest BCUT2D eigenvalue weighted by Crippen LogP contribution is 2.26. The zero-order valence-corrected chi connectivity index (χ0v) is 10.9. The summed E-state index contributed by atoms with van der Waals surface area (Å²) < 4.78 is 13.6. The molecule has 1 atom stereocenters. The van der Waals surface area contributed by atoms with Crippen molar-refractivity contribution in [1.29, 1.82) is 5.26 Å². The Hall–Kier alpha value is -1.93. The molecule has 0 aliphatic rings. The van der Waals surface area contributed by atoms with Gasteiger partial charge in [0.15, 0.2) is 0 Å². The zero-order valence-electron chi connectivity index (χ0n) is 10.1. The van der Waals surface area contributed by atoms with Crippen LogP contribution in [0.15, 0.2) is 23.7 Å². The maximum Gasteiger partial charge on any atom is 0.129 e. The van der Waals surface area contributed by atoms with Crippen LogP contribution < -0.4 is 5.32 Å². The summed E-state index contributed by atoms with van der Waals surface area (Å²) in [6, 6.07) is 4.83. The van der Waals surface area contributed by atoms with Gasteiger partial charge in [-0.3, -0.25) is 0 Å². The first-order chi connectivity index (χ1) is 8.61. The average Bonchev–Trinajstić information content (AvgIpc) is 2.88. The summed E-state index contributed by atoms with van der Waals surface area (Å²) in [6.45, 7) is 3.64. The Bertz CT molecular complexity index is 587. The van der Waals surface area contributed by atoms with Crippen LogP contribution in [0.5, 0.6) is 0 Å². The predicted octanol–water partition coefficient (Wildman–Crippen LogP) is 3.64. The van der Waals surface area contributed by atoms with E-state index >= 15 is 0 Å². The fourth-order valence-electron chi connectivity index (χ4n) is 1.64. The minimum absolute atomic E-state index is 0.0166. The molecule has 0 saturated carbocycles. The Morgan fingerprint density at radius 3 is 2.89 bits per heavy atom. The quantitative estimate of drug-likeness (QED) is 0.917. The Kier molecular flexibility index (Phi) is 3.58. The highest BCUT2D eigenvalue weighted by atomic mass is 32.1. The first-order valence-corrected chi connectivity index (χ1v) is 6.36. The predicted molar refractivity (Wildman–Crippen MR) is 70.0 cm³/mol. The standard InChI is InChI=1S/C13H12FN3S/c1-8-11(14)5-10(7-15)6-12(8)17-9(2)13-16-3-4-18-13/h3-6,9,17H,1-2H3. The van der Waals surface area contributed by atoms with Gasteiger partial charge >= 0.3 is 0 Å². The van der Waals surface area contributed by atoms with E-state index in [-0.39, 0.29) is 11.9 Å². The molecule has 3 nitrogen and oxygen atoms in total. The lowest BCUT2D eigenvalue weighted by Gasteiger charge is -2.15. The summed E-state index contributed by atoms with van der Waals surface area (Å²) in [7, 11) is 0. The van der Waals surface area contributed by atoms with E-state index < -0.39 is 0 Å². The Balaban J connectivity index is 2.29. The van der Waals surface area contributed by atoms with Gasteiger partial charge in [0.2, 0.25) is 0 Å². The number of thiazole rings is 1. The molecule has 0 amide bonds. The van der Waals surface area contributed by atoms with E-state index in [4.69, 9.17) is 5.26 Å². The van der Waals surface area contributed by atoms with Crippen molar-refractivity contribution in [3.63, 3.8) is 0 Å². The molecule has 1 aromatic heterocycles. The zero-order chi connectivity index (χ0) is 13.1. The molecule has 0 fully saturated rings. The molecule has 5 heteroatoms. The number of nitrogens with one attached hydrogen (secondary N) is 1. The molecule has 0 bridgehead atoms. The Labute approximate surface area is 109 Å². The number of benzene rings is 1. The van der Waals surface area contributed by atoms with E-state index in [0.717, 1.165) is 5.01 Å². The molecule has 1 N–H and O–H groups in total. The van der Waals surface area contributed by atoms with Gasteiger partial charge in [-0.1, -0.05) is 0 Å². The lowest BCUT2D eigenvalue weighted by atomic mass is 10.1. The topological polar surface area (TPSA) is 48.7 Å². The molecule has 0 saturated heterocycles. The number of hydrogen-bond donors (Lipinski definition) is 1. The Morgan fingerprint density at radius 1 is 1.50 bits per heavy atom. The number of anilines is 1. The van der Waals surface area contributed by atoms with E-state index in [1.165, 1.54) is 17.4 Å². The van der Waals surface area contributed by atoms with Gasteiger partial charge in [-0.05, 0) is 26.0 Å². The number of rotatable bonds is 3. The van der Waals surface area contributed by atoms with Gasteiger partial charge in [-0.25, -0.2) is 9.37 Å². The van der Waals surface area contributed by atoms with E-state index in [0.29, 0.717) is 16.8 Å². The first kappa shape index (κ1) is 12.5. The third kappa shape index (κ3) is 2.49. The summed E-state index contributed by atoms with van der Waals surface area (Å²) >= 11 is 1.54. The van der Waals surface area contributed by atoms with Gasteiger partial charge in [0.25, 0.3) is 0 Å². The normalized spacial score (nSPS) is 11.9. The summed E-state index contributed by atoms with van der Waals surface area (Å²) in [5.74, 6) is -0.372. The summed E-state index contributed by atoms with van der Waals surface area (Å²) in [5.41, 5.74) is 1.46. The highest BCUT2D eigenvalue weighted by Gasteiger charge is 2.12. The van der Waals surface area contributed by atoms with Crippen molar-refractivity contribution in [3.8, 4) is 6.07 Å². The fourth-order valence-corrected chi connectivity index (χ4v) is 2.28. The number of aromatic nitrogens is 1. The van der Waals surface area contributed by atoms with Crippen molar-refractivity contribution in [2.45, 2.75) is 19.9 Å². The molecule has 0 aliphatic heterocycles. The lowest BCUT2D eigenvalue weighted by molar-refractivity contribution is 0.618. The average molecular weight is 261 g/mol. The van der Waals surface area contributed by atoms with Crippen LogP contribution in [0.25, 0.3) is 0 Å². The van der Waals surface area contributed by atoms with Crippen molar-refractivity contribution in [2.24, 2.45) is 0 Å². The summed E-state index contributed by atoms with van der Waals surface area (Å²) in [4.78, 5) is 4.20. The van der Waals surface area contributed by atoms with E-state index in [1.54, 1.807) is 19.2 Å². The first-order valence-electron chi connectivity index (χ1n) is 5.48. The maximum absolute atomic E-state index is 13.6. The van der Waals surface area contributed by atoms with Gasteiger partial charge < -0.3 is 5.32 Å². The molecule has 0 radical (unpaired) electrons. The van der Waals surface area contributed by atoms with Crippen molar-refractivity contribution < 1.29 is 4.39 Å². The molecule has 2 rings (SSSR count). The Morgan fingerprint density at radius 2 is 2.28 bits per heavy atom. The summed E-state index contributed by atoms with van der Waals surface area (Å²) in [6.07, 6.45) is 1.73. The van der Waals surface area contributed by atoms with Gasteiger partial charge in [-0.15, -0.1) is 11.3 Å². The van der Waals surface area contributed by atoms with E-state index in [9.17, 15) is 4.39 Å². The van der Waals surface area contributed by atoms with Gasteiger partial charge in [0.05, 0.1) is 17.7 Å². The van der Waals surface area contributed by atoms with Gasteiger partial charge in [0, 0.05) is 22.8 Å². The van der Waals surface area contributed by atoms with E-state index in [1.807, 2.05) is 18.4 Å². The van der Waals surface area contributed by atoms with Crippen molar-refractivity contribution in [1.82, 2.24) is 4.98 Å². The largest absolute Gasteiger partial charge is 0.376 e. The molecular formula is C13H12FN3S. The molecule has 18 heavy (non-hydrogen) atoms. The second kappa shape index (κ2) is 5.15. The monoisotopic (exact) mass is 261 g/mol. The molecule has 92 valence electrons. The third-order valence-corrected chi connectivity index (χ3v) is 3.63.